The molecule has 2 heterocycles. The van der Waals surface area contributed by atoms with E-state index in [9.17, 15) is 0 Å². The summed E-state index contributed by atoms with van der Waals surface area (Å²) in [7, 11) is 0. The Balaban J connectivity index is 1.86. The molecular formula is C13H11Br2ClN2S. The van der Waals surface area contributed by atoms with E-state index in [2.05, 4.69) is 48.2 Å². The van der Waals surface area contributed by atoms with Gasteiger partial charge in [-0.05, 0) is 68.8 Å². The van der Waals surface area contributed by atoms with E-state index < -0.39 is 0 Å². The summed E-state index contributed by atoms with van der Waals surface area (Å²) in [5, 5.41) is 4.05. The predicted octanol–water partition coefficient (Wildman–Crippen LogP) is 5.81. The molecule has 0 aliphatic heterocycles. The summed E-state index contributed by atoms with van der Waals surface area (Å²) in [5.41, 5.74) is 2.41. The van der Waals surface area contributed by atoms with Crippen LogP contribution in [-0.2, 0) is 6.42 Å². The van der Waals surface area contributed by atoms with E-state index in [0.717, 1.165) is 16.6 Å². The minimum Gasteiger partial charge on any atom is -0.377 e. The van der Waals surface area contributed by atoms with Crippen LogP contribution in [-0.4, -0.2) is 4.98 Å². The number of fused-ring (bicyclic) bond motifs is 1. The third-order valence-corrected chi connectivity index (χ3v) is 6.07. The topological polar surface area (TPSA) is 24.9 Å². The van der Waals surface area contributed by atoms with Crippen molar-refractivity contribution >= 4 is 60.5 Å². The maximum Gasteiger partial charge on any atom is 0.143 e. The van der Waals surface area contributed by atoms with Crippen molar-refractivity contribution in [3.8, 4) is 0 Å². The van der Waals surface area contributed by atoms with E-state index in [-0.39, 0.29) is 0 Å². The van der Waals surface area contributed by atoms with Crippen LogP contribution in [0.15, 0.2) is 26.6 Å². The van der Waals surface area contributed by atoms with E-state index in [1.54, 1.807) is 6.20 Å². The number of rotatable bonds is 2. The maximum absolute atomic E-state index is 5.92. The molecule has 2 nitrogen and oxygen atoms in total. The van der Waals surface area contributed by atoms with Crippen molar-refractivity contribution in [3.63, 3.8) is 0 Å². The van der Waals surface area contributed by atoms with Gasteiger partial charge in [0.1, 0.15) is 5.15 Å². The van der Waals surface area contributed by atoms with Crippen LogP contribution in [0.2, 0.25) is 5.15 Å². The third-order valence-electron chi connectivity index (χ3n) is 3.22. The van der Waals surface area contributed by atoms with Gasteiger partial charge >= 0.3 is 0 Å². The van der Waals surface area contributed by atoms with Gasteiger partial charge in [0.2, 0.25) is 0 Å². The molecule has 0 spiro atoms. The molecule has 19 heavy (non-hydrogen) atoms. The molecular weight excluding hydrogens is 411 g/mol. The Morgan fingerprint density at radius 1 is 1.37 bits per heavy atom. The minimum atomic E-state index is 0.362. The summed E-state index contributed by atoms with van der Waals surface area (Å²) in [6.07, 6.45) is 5.34. The van der Waals surface area contributed by atoms with Gasteiger partial charge in [-0.1, -0.05) is 11.6 Å². The highest BCUT2D eigenvalue weighted by molar-refractivity contribution is 9.11. The summed E-state index contributed by atoms with van der Waals surface area (Å²) in [6.45, 7) is 0. The van der Waals surface area contributed by atoms with Crippen LogP contribution in [0, 0.1) is 0 Å². The van der Waals surface area contributed by atoms with E-state index >= 15 is 0 Å². The molecule has 0 amide bonds. The van der Waals surface area contributed by atoms with Crippen molar-refractivity contribution in [2.75, 3.05) is 5.32 Å². The third kappa shape index (κ3) is 2.99. The number of hydrogen-bond acceptors (Lipinski definition) is 3. The zero-order chi connectivity index (χ0) is 13.4. The lowest BCUT2D eigenvalue weighted by Crippen LogP contribution is -2.15. The second-order valence-electron chi connectivity index (χ2n) is 4.51. The van der Waals surface area contributed by atoms with Gasteiger partial charge in [-0.2, -0.15) is 0 Å². The Bertz CT molecular complexity index is 615. The molecule has 0 fully saturated rings. The first-order chi connectivity index (χ1) is 9.13. The van der Waals surface area contributed by atoms with Gasteiger partial charge < -0.3 is 5.32 Å². The number of thiophene rings is 1. The van der Waals surface area contributed by atoms with Crippen molar-refractivity contribution in [1.29, 1.82) is 0 Å². The molecule has 1 unspecified atom stereocenters. The Morgan fingerprint density at radius 3 is 3.00 bits per heavy atom. The van der Waals surface area contributed by atoms with E-state index in [1.807, 2.05) is 17.4 Å². The summed E-state index contributed by atoms with van der Waals surface area (Å²) >= 11 is 14.7. The average molecular weight is 423 g/mol. The quantitative estimate of drug-likeness (QED) is 0.618. The van der Waals surface area contributed by atoms with Crippen molar-refractivity contribution in [2.24, 2.45) is 0 Å². The minimum absolute atomic E-state index is 0.362. The fourth-order valence-corrected chi connectivity index (χ4v) is 4.64. The van der Waals surface area contributed by atoms with Gasteiger partial charge in [0, 0.05) is 4.88 Å². The van der Waals surface area contributed by atoms with Crippen LogP contribution in [0.4, 0.5) is 5.69 Å². The van der Waals surface area contributed by atoms with Crippen LogP contribution in [0.3, 0.4) is 0 Å². The number of nitrogens with zero attached hydrogens (tertiary/aromatic N) is 1. The van der Waals surface area contributed by atoms with E-state index in [1.165, 1.54) is 27.1 Å². The van der Waals surface area contributed by atoms with Crippen molar-refractivity contribution in [2.45, 2.75) is 25.3 Å². The van der Waals surface area contributed by atoms with Gasteiger partial charge in [0.05, 0.1) is 26.2 Å². The summed E-state index contributed by atoms with van der Waals surface area (Å²) in [5.74, 6) is 0. The lowest BCUT2D eigenvalue weighted by Gasteiger charge is -2.24. The van der Waals surface area contributed by atoms with Gasteiger partial charge in [-0.15, -0.1) is 11.3 Å². The first-order valence-electron chi connectivity index (χ1n) is 5.99. The second-order valence-corrected chi connectivity index (χ2v) is 8.24. The molecule has 1 atom stereocenters. The molecule has 1 aliphatic carbocycles. The van der Waals surface area contributed by atoms with Gasteiger partial charge in [-0.25, -0.2) is 4.98 Å². The van der Waals surface area contributed by atoms with Crippen LogP contribution in [0.5, 0.6) is 0 Å². The average Bonchev–Trinajstić information content (AvgIpc) is 2.75. The largest absolute Gasteiger partial charge is 0.377 e. The van der Waals surface area contributed by atoms with Crippen LogP contribution in [0.25, 0.3) is 0 Å². The normalized spacial score (nSPS) is 18.2. The van der Waals surface area contributed by atoms with E-state index in [0.29, 0.717) is 11.2 Å². The fourth-order valence-electron chi connectivity index (χ4n) is 2.37. The van der Waals surface area contributed by atoms with Gasteiger partial charge in [0.25, 0.3) is 0 Å². The number of anilines is 1. The molecule has 1 aliphatic rings. The van der Waals surface area contributed by atoms with Crippen molar-refractivity contribution in [3.05, 3.63) is 42.2 Å². The highest BCUT2D eigenvalue weighted by Crippen LogP contribution is 2.39. The Morgan fingerprint density at radius 2 is 2.21 bits per heavy atom. The molecule has 1 N–H and O–H groups in total. The van der Waals surface area contributed by atoms with Gasteiger partial charge in [-0.3, -0.25) is 0 Å². The standard InChI is InChI=1S/C13H11Br2ClN2S/c14-9-4-7(6-17-13(9)16)18-10-2-1-3-11-8(10)5-12(15)19-11/h4-6,10,18H,1-3H2. The number of halogens is 3. The van der Waals surface area contributed by atoms with Crippen molar-refractivity contribution < 1.29 is 0 Å². The predicted molar refractivity (Wildman–Crippen MR) is 88.3 cm³/mol. The number of aromatic nitrogens is 1. The fraction of sp³-hybridized carbons (Fsp3) is 0.308. The molecule has 0 bridgehead atoms. The lowest BCUT2D eigenvalue weighted by molar-refractivity contribution is 0.608. The van der Waals surface area contributed by atoms with Crippen LogP contribution in [0.1, 0.15) is 29.3 Å². The highest BCUT2D eigenvalue weighted by atomic mass is 79.9. The lowest BCUT2D eigenvalue weighted by atomic mass is 9.94. The number of hydrogen-bond donors (Lipinski definition) is 1. The Labute approximate surface area is 137 Å². The zero-order valence-electron chi connectivity index (χ0n) is 9.92. The highest BCUT2D eigenvalue weighted by Gasteiger charge is 2.22. The summed E-state index contributed by atoms with van der Waals surface area (Å²) in [6, 6.07) is 4.57. The molecule has 2 aromatic heterocycles. The molecule has 3 rings (SSSR count). The number of aryl methyl sites for hydroxylation is 1. The van der Waals surface area contributed by atoms with E-state index in [4.69, 9.17) is 11.6 Å². The van der Waals surface area contributed by atoms with Gasteiger partial charge in [0.15, 0.2) is 0 Å². The van der Waals surface area contributed by atoms with Crippen LogP contribution < -0.4 is 5.32 Å². The zero-order valence-corrected chi connectivity index (χ0v) is 14.7. The maximum atomic E-state index is 5.92. The molecule has 0 radical (unpaired) electrons. The smallest absolute Gasteiger partial charge is 0.143 e. The monoisotopic (exact) mass is 420 g/mol. The summed E-state index contributed by atoms with van der Waals surface area (Å²) < 4.78 is 2.03. The van der Waals surface area contributed by atoms with Crippen LogP contribution >= 0.6 is 54.8 Å². The number of nitrogens with one attached hydrogen (secondary N) is 1. The second kappa shape index (κ2) is 5.72. The Hall–Kier alpha value is -0.100. The Kier molecular flexibility index (Phi) is 4.17. The number of pyridine rings is 1. The summed E-state index contributed by atoms with van der Waals surface area (Å²) in [4.78, 5) is 5.64. The molecule has 2 aromatic rings. The molecule has 0 saturated heterocycles. The first-order valence-corrected chi connectivity index (χ1v) is 8.77. The van der Waals surface area contributed by atoms with Crippen molar-refractivity contribution in [1.82, 2.24) is 4.98 Å². The molecule has 6 heteroatoms. The molecule has 100 valence electrons. The molecule has 0 aromatic carbocycles. The SMILES string of the molecule is Clc1ncc(NC2CCCc3sc(Br)cc32)cc1Br. The first kappa shape index (κ1) is 13.9. The molecule has 0 saturated carbocycles.